The van der Waals surface area contributed by atoms with Crippen LogP contribution in [0.2, 0.25) is 0 Å². The number of thiophene rings is 1. The van der Waals surface area contributed by atoms with Crippen LogP contribution in [0.15, 0.2) is 18.3 Å². The third-order valence-corrected chi connectivity index (χ3v) is 4.21. The molecule has 102 valence electrons. The molecule has 0 unspecified atom stereocenters. The summed E-state index contributed by atoms with van der Waals surface area (Å²) in [6.45, 7) is 4.01. The van der Waals surface area contributed by atoms with Gasteiger partial charge in [-0.1, -0.05) is 6.92 Å². The van der Waals surface area contributed by atoms with E-state index in [-0.39, 0.29) is 0 Å². The quantitative estimate of drug-likeness (QED) is 0.801. The number of nitrogens with zero attached hydrogens (tertiary/aromatic N) is 4. The fraction of sp³-hybridized carbons (Fsp3) is 0.286. The molecule has 3 aromatic heterocycles. The van der Waals surface area contributed by atoms with Gasteiger partial charge in [-0.05, 0) is 25.5 Å². The van der Waals surface area contributed by atoms with Gasteiger partial charge in [0.05, 0.1) is 5.39 Å². The standard InChI is InChI=1S/C14H15N5S/c1-4-9-7-10-12(15-3)18-13(19-14(10)20-9)11-5-6-16-8(2)17-11/h5-7H,4H2,1-3H3,(H,15,18,19). The molecule has 6 heteroatoms. The summed E-state index contributed by atoms with van der Waals surface area (Å²) in [6, 6.07) is 3.99. The zero-order valence-electron chi connectivity index (χ0n) is 11.6. The Hall–Kier alpha value is -2.08. The Balaban J connectivity index is 2.21. The van der Waals surface area contributed by atoms with Gasteiger partial charge in [0.2, 0.25) is 0 Å². The molecule has 5 nitrogen and oxygen atoms in total. The van der Waals surface area contributed by atoms with E-state index in [0.29, 0.717) is 5.82 Å². The third kappa shape index (κ3) is 2.22. The first-order chi connectivity index (χ1) is 9.71. The average Bonchev–Trinajstić information content (AvgIpc) is 2.89. The minimum absolute atomic E-state index is 0.636. The highest BCUT2D eigenvalue weighted by Crippen LogP contribution is 2.30. The molecule has 0 bridgehead atoms. The van der Waals surface area contributed by atoms with Crippen molar-refractivity contribution in [2.75, 3.05) is 12.4 Å². The van der Waals surface area contributed by atoms with E-state index >= 15 is 0 Å². The molecule has 20 heavy (non-hydrogen) atoms. The minimum atomic E-state index is 0.636. The van der Waals surface area contributed by atoms with Gasteiger partial charge < -0.3 is 5.32 Å². The Morgan fingerprint density at radius 1 is 1.25 bits per heavy atom. The molecule has 0 aromatic carbocycles. The predicted molar refractivity (Wildman–Crippen MR) is 82.1 cm³/mol. The van der Waals surface area contributed by atoms with E-state index < -0.39 is 0 Å². The van der Waals surface area contributed by atoms with E-state index in [4.69, 9.17) is 0 Å². The molecule has 0 saturated carbocycles. The summed E-state index contributed by atoms with van der Waals surface area (Å²) in [5.41, 5.74) is 0.752. The van der Waals surface area contributed by atoms with Crippen LogP contribution in [0, 0.1) is 6.92 Å². The molecular formula is C14H15N5S. The van der Waals surface area contributed by atoms with Gasteiger partial charge in [-0.3, -0.25) is 0 Å². The van der Waals surface area contributed by atoms with Crippen molar-refractivity contribution in [3.05, 3.63) is 29.0 Å². The summed E-state index contributed by atoms with van der Waals surface area (Å²) in [6.07, 6.45) is 2.74. The van der Waals surface area contributed by atoms with E-state index in [9.17, 15) is 0 Å². The van der Waals surface area contributed by atoms with E-state index in [1.165, 1.54) is 4.88 Å². The highest BCUT2D eigenvalue weighted by molar-refractivity contribution is 7.18. The van der Waals surface area contributed by atoms with Crippen molar-refractivity contribution < 1.29 is 0 Å². The zero-order chi connectivity index (χ0) is 14.1. The Kier molecular flexibility index (Phi) is 3.31. The second-order valence-corrected chi connectivity index (χ2v) is 5.54. The molecule has 0 radical (unpaired) electrons. The normalized spacial score (nSPS) is 10.9. The number of aromatic nitrogens is 4. The van der Waals surface area contributed by atoms with Crippen LogP contribution in [0.25, 0.3) is 21.7 Å². The second kappa shape index (κ2) is 5.13. The number of hydrogen-bond donors (Lipinski definition) is 1. The molecule has 0 spiro atoms. The molecule has 0 aliphatic rings. The van der Waals surface area contributed by atoms with E-state index in [1.807, 2.05) is 20.0 Å². The smallest absolute Gasteiger partial charge is 0.181 e. The summed E-state index contributed by atoms with van der Waals surface area (Å²) < 4.78 is 0. The molecule has 0 aliphatic carbocycles. The minimum Gasteiger partial charge on any atom is -0.372 e. The van der Waals surface area contributed by atoms with E-state index in [2.05, 4.69) is 38.2 Å². The van der Waals surface area contributed by atoms with Gasteiger partial charge in [0, 0.05) is 18.1 Å². The first-order valence-corrected chi connectivity index (χ1v) is 7.31. The molecule has 0 aliphatic heterocycles. The number of rotatable bonds is 3. The largest absolute Gasteiger partial charge is 0.372 e. The Bertz CT molecular complexity index is 765. The molecular weight excluding hydrogens is 270 g/mol. The van der Waals surface area contributed by atoms with Crippen molar-refractivity contribution in [2.24, 2.45) is 0 Å². The molecule has 3 heterocycles. The van der Waals surface area contributed by atoms with E-state index in [1.54, 1.807) is 17.5 Å². The lowest BCUT2D eigenvalue weighted by Crippen LogP contribution is -1.99. The molecule has 0 atom stereocenters. The fourth-order valence-corrected chi connectivity index (χ4v) is 3.00. The molecule has 0 amide bonds. The molecule has 3 rings (SSSR count). The van der Waals surface area contributed by atoms with Crippen LogP contribution < -0.4 is 5.32 Å². The Morgan fingerprint density at radius 3 is 2.80 bits per heavy atom. The highest BCUT2D eigenvalue weighted by atomic mass is 32.1. The first-order valence-electron chi connectivity index (χ1n) is 6.49. The number of hydrogen-bond acceptors (Lipinski definition) is 6. The number of aryl methyl sites for hydroxylation is 2. The number of nitrogens with one attached hydrogen (secondary N) is 1. The molecule has 0 saturated heterocycles. The lowest BCUT2D eigenvalue weighted by molar-refractivity contribution is 1.04. The van der Waals surface area contributed by atoms with Crippen LogP contribution in [0.3, 0.4) is 0 Å². The van der Waals surface area contributed by atoms with Crippen LogP contribution in [-0.2, 0) is 6.42 Å². The van der Waals surface area contributed by atoms with Gasteiger partial charge in [0.15, 0.2) is 5.82 Å². The summed E-state index contributed by atoms with van der Waals surface area (Å²) in [5.74, 6) is 2.20. The zero-order valence-corrected chi connectivity index (χ0v) is 12.5. The van der Waals surface area contributed by atoms with Crippen LogP contribution in [0.5, 0.6) is 0 Å². The van der Waals surface area contributed by atoms with Gasteiger partial charge in [-0.25, -0.2) is 19.9 Å². The molecule has 1 N–H and O–H groups in total. The van der Waals surface area contributed by atoms with Crippen molar-refractivity contribution in [1.82, 2.24) is 19.9 Å². The van der Waals surface area contributed by atoms with Gasteiger partial charge >= 0.3 is 0 Å². The van der Waals surface area contributed by atoms with Crippen LogP contribution in [-0.4, -0.2) is 27.0 Å². The third-order valence-electron chi connectivity index (χ3n) is 3.03. The van der Waals surface area contributed by atoms with Crippen molar-refractivity contribution in [3.63, 3.8) is 0 Å². The Morgan fingerprint density at radius 2 is 2.10 bits per heavy atom. The lowest BCUT2D eigenvalue weighted by atomic mass is 10.3. The lowest BCUT2D eigenvalue weighted by Gasteiger charge is -2.05. The molecule has 3 aromatic rings. The highest BCUT2D eigenvalue weighted by Gasteiger charge is 2.12. The summed E-state index contributed by atoms with van der Waals surface area (Å²) in [5, 5.41) is 4.22. The summed E-state index contributed by atoms with van der Waals surface area (Å²) in [4.78, 5) is 20.0. The Labute approximate surface area is 121 Å². The predicted octanol–water partition coefficient (Wildman–Crippen LogP) is 3.06. The fourth-order valence-electron chi connectivity index (χ4n) is 2.03. The van der Waals surface area contributed by atoms with E-state index in [0.717, 1.165) is 34.0 Å². The first kappa shape index (κ1) is 12.9. The second-order valence-electron chi connectivity index (χ2n) is 4.42. The van der Waals surface area contributed by atoms with Crippen molar-refractivity contribution >= 4 is 27.4 Å². The number of anilines is 1. The topological polar surface area (TPSA) is 63.6 Å². The van der Waals surface area contributed by atoms with Gasteiger partial charge in [0.1, 0.15) is 22.2 Å². The SMILES string of the molecule is CCc1cc2c(NC)nc(-c3ccnc(C)n3)nc2s1. The summed E-state index contributed by atoms with van der Waals surface area (Å²) in [7, 11) is 1.88. The van der Waals surface area contributed by atoms with Gasteiger partial charge in [-0.15, -0.1) is 11.3 Å². The van der Waals surface area contributed by atoms with Crippen molar-refractivity contribution in [3.8, 4) is 11.5 Å². The number of fused-ring (bicyclic) bond motifs is 1. The maximum Gasteiger partial charge on any atom is 0.181 e. The van der Waals surface area contributed by atoms with Crippen LogP contribution in [0.4, 0.5) is 5.82 Å². The van der Waals surface area contributed by atoms with Crippen LogP contribution in [0.1, 0.15) is 17.6 Å². The summed E-state index contributed by atoms with van der Waals surface area (Å²) >= 11 is 1.71. The van der Waals surface area contributed by atoms with Gasteiger partial charge in [0.25, 0.3) is 0 Å². The maximum atomic E-state index is 4.64. The molecule has 0 fully saturated rings. The van der Waals surface area contributed by atoms with Gasteiger partial charge in [-0.2, -0.15) is 0 Å². The van der Waals surface area contributed by atoms with Crippen molar-refractivity contribution in [2.45, 2.75) is 20.3 Å². The average molecular weight is 285 g/mol. The van der Waals surface area contributed by atoms with Crippen LogP contribution >= 0.6 is 11.3 Å². The monoisotopic (exact) mass is 285 g/mol. The maximum absolute atomic E-state index is 4.64. The van der Waals surface area contributed by atoms with Crippen molar-refractivity contribution in [1.29, 1.82) is 0 Å².